The van der Waals surface area contributed by atoms with Crippen molar-refractivity contribution in [2.45, 2.75) is 51.6 Å². The summed E-state index contributed by atoms with van der Waals surface area (Å²) < 4.78 is 36.4. The fourth-order valence-corrected chi connectivity index (χ4v) is 6.33. The molecule has 0 radical (unpaired) electrons. The number of carbonyl (C=O) groups excluding carboxylic acids is 1. The molecule has 42 heavy (non-hydrogen) atoms. The Balaban J connectivity index is 1.45. The molecule has 0 aliphatic carbocycles. The lowest BCUT2D eigenvalue weighted by Crippen LogP contribution is -2.56. The van der Waals surface area contributed by atoms with Gasteiger partial charge in [-0.15, -0.1) is 6.42 Å². The number of ether oxygens (including phenoxy) is 1. The second-order valence-electron chi connectivity index (χ2n) is 11.2. The quantitative estimate of drug-likeness (QED) is 0.309. The summed E-state index contributed by atoms with van der Waals surface area (Å²) in [6.45, 7) is 5.27. The fourth-order valence-electron chi connectivity index (χ4n) is 6.33. The number of methoxy groups -OCH3 is 1. The van der Waals surface area contributed by atoms with Gasteiger partial charge in [0.15, 0.2) is 5.82 Å². The number of piperazine rings is 1. The number of anilines is 1. The van der Waals surface area contributed by atoms with Crippen molar-refractivity contribution in [2.75, 3.05) is 25.1 Å². The minimum Gasteiger partial charge on any atom is -0.508 e. The van der Waals surface area contributed by atoms with E-state index in [4.69, 9.17) is 11.2 Å². The van der Waals surface area contributed by atoms with E-state index in [2.05, 4.69) is 39.6 Å². The van der Waals surface area contributed by atoms with Crippen LogP contribution >= 0.6 is 0 Å². The zero-order valence-electron chi connectivity index (χ0n) is 23.7. The second-order valence-corrected chi connectivity index (χ2v) is 11.2. The van der Waals surface area contributed by atoms with Crippen molar-refractivity contribution in [1.82, 2.24) is 19.9 Å². The van der Waals surface area contributed by atoms with E-state index in [-0.39, 0.29) is 57.5 Å². The van der Waals surface area contributed by atoms with Gasteiger partial charge in [0.1, 0.15) is 28.6 Å². The molecule has 2 saturated heterocycles. The number of aromatic hydroxyl groups is 1. The van der Waals surface area contributed by atoms with Crippen LogP contribution in [0, 0.1) is 29.9 Å². The number of phenolic OH excluding ortho intramolecular Hbond substituents is 1. The van der Waals surface area contributed by atoms with Gasteiger partial charge in [0.05, 0.1) is 18.1 Å². The zero-order chi connectivity index (χ0) is 29.7. The molecule has 3 atom stereocenters. The van der Waals surface area contributed by atoms with Crippen LogP contribution in [0.1, 0.15) is 45.1 Å². The number of aromatic nitrogens is 3. The Morgan fingerprint density at radius 1 is 1.21 bits per heavy atom. The van der Waals surface area contributed by atoms with Crippen molar-refractivity contribution in [3.63, 3.8) is 0 Å². The lowest BCUT2D eigenvalue weighted by Gasteiger charge is -2.42. The summed E-state index contributed by atoms with van der Waals surface area (Å²) in [7, 11) is 1.41. The van der Waals surface area contributed by atoms with Crippen LogP contribution in [0.4, 0.5) is 14.6 Å². The van der Waals surface area contributed by atoms with Gasteiger partial charge >= 0.3 is 6.01 Å². The zero-order valence-corrected chi connectivity index (χ0v) is 23.7. The van der Waals surface area contributed by atoms with E-state index < -0.39 is 11.6 Å². The highest BCUT2D eigenvalue weighted by Gasteiger charge is 2.43. The molecule has 1 N–H and O–H groups in total. The molecule has 4 aromatic rings. The average molecular weight is 572 g/mol. The topological polar surface area (TPSA) is 91.7 Å². The van der Waals surface area contributed by atoms with Crippen LogP contribution in [0.3, 0.4) is 0 Å². The Morgan fingerprint density at radius 3 is 2.62 bits per heavy atom. The van der Waals surface area contributed by atoms with Crippen molar-refractivity contribution in [3.05, 3.63) is 47.7 Å². The van der Waals surface area contributed by atoms with E-state index in [0.717, 1.165) is 19.3 Å². The van der Waals surface area contributed by atoms with Crippen LogP contribution in [-0.2, 0) is 4.79 Å². The Bertz CT molecular complexity index is 1760. The summed E-state index contributed by atoms with van der Waals surface area (Å²) >= 11 is 0. The number of terminal acetylenes is 1. The number of phenols is 1. The first-order valence-electron chi connectivity index (χ1n) is 14.1. The highest BCUT2D eigenvalue weighted by molar-refractivity contribution is 6.03. The highest BCUT2D eigenvalue weighted by atomic mass is 19.1. The van der Waals surface area contributed by atoms with Crippen LogP contribution in [0.15, 0.2) is 30.5 Å². The lowest BCUT2D eigenvalue weighted by atomic mass is 9.96. The van der Waals surface area contributed by atoms with Gasteiger partial charge in [-0.3, -0.25) is 9.78 Å². The third-order valence-electron chi connectivity index (χ3n) is 8.57. The average Bonchev–Trinajstić information content (AvgIpc) is 3.26. The normalized spacial score (nSPS) is 18.9. The van der Waals surface area contributed by atoms with Gasteiger partial charge in [-0.2, -0.15) is 9.97 Å². The number of halogens is 2. The van der Waals surface area contributed by atoms with E-state index in [0.29, 0.717) is 42.0 Å². The summed E-state index contributed by atoms with van der Waals surface area (Å²) in [5.41, 5.74) is -0.0826. The number of amides is 1. The first-order valence-corrected chi connectivity index (χ1v) is 14.1. The number of rotatable bonds is 6. The van der Waals surface area contributed by atoms with E-state index in [1.54, 1.807) is 0 Å². The SMILES string of the molecule is C#Cc1c(F)ccc2cc(O)cc(-c3ncc4c(N5CC6CCC(C5)N6C(=O)CC(C)CC)nc(OC)nc4c3F)c12. The number of hydrogen-bond donors (Lipinski definition) is 1. The standard InChI is InChI=1S/C32H31F2N5O3/c1-5-17(3)11-26(41)39-19-8-9-20(39)16-38(15-19)31-24-14-35-29(28(34)30(24)36-32(37-31)42-4)23-13-21(40)12-18-7-10-25(33)22(6-2)27(18)23/h2,7,10,12-14,17,19-20,40H,5,8-9,11,15-16H2,1,3-4H3. The predicted molar refractivity (Wildman–Crippen MR) is 156 cm³/mol. The number of carbonyl (C=O) groups is 1. The molecule has 6 rings (SSSR count). The number of benzene rings is 2. The van der Waals surface area contributed by atoms with Crippen molar-refractivity contribution in [2.24, 2.45) is 5.92 Å². The molecule has 216 valence electrons. The highest BCUT2D eigenvalue weighted by Crippen LogP contribution is 2.40. The third-order valence-corrected chi connectivity index (χ3v) is 8.57. The fraction of sp³-hybridized carbons (Fsp3) is 0.375. The lowest BCUT2D eigenvalue weighted by molar-refractivity contribution is -0.135. The number of pyridine rings is 1. The first kappa shape index (κ1) is 27.6. The van der Waals surface area contributed by atoms with E-state index >= 15 is 4.39 Å². The minimum atomic E-state index is -0.779. The van der Waals surface area contributed by atoms with Gasteiger partial charge in [0, 0.05) is 48.7 Å². The molecule has 3 unspecified atom stereocenters. The maximum atomic E-state index is 16.4. The molecule has 0 spiro atoms. The molecule has 2 aromatic heterocycles. The molecule has 2 fully saturated rings. The van der Waals surface area contributed by atoms with Crippen LogP contribution in [0.5, 0.6) is 11.8 Å². The van der Waals surface area contributed by atoms with E-state index in [9.17, 15) is 14.3 Å². The second kappa shape index (κ2) is 10.7. The maximum Gasteiger partial charge on any atom is 0.318 e. The number of hydrogen-bond acceptors (Lipinski definition) is 7. The summed E-state index contributed by atoms with van der Waals surface area (Å²) in [5.74, 6) is 1.76. The molecule has 4 heterocycles. The minimum absolute atomic E-state index is 0.0210. The summed E-state index contributed by atoms with van der Waals surface area (Å²) in [5, 5.41) is 11.5. The Labute approximate surface area is 242 Å². The third kappa shape index (κ3) is 4.53. The molecular weight excluding hydrogens is 540 g/mol. The molecule has 10 heteroatoms. The molecular formula is C32H31F2N5O3. The molecule has 2 aromatic carbocycles. The van der Waals surface area contributed by atoms with E-state index in [1.165, 1.54) is 37.6 Å². The smallest absolute Gasteiger partial charge is 0.318 e. The largest absolute Gasteiger partial charge is 0.508 e. The Hall–Kier alpha value is -4.52. The van der Waals surface area contributed by atoms with Gasteiger partial charge in [-0.1, -0.05) is 32.3 Å². The van der Waals surface area contributed by atoms with Crippen LogP contribution in [-0.4, -0.2) is 63.1 Å². The summed E-state index contributed by atoms with van der Waals surface area (Å²) in [6.07, 6.45) is 10.4. The van der Waals surface area contributed by atoms with Gasteiger partial charge in [-0.25, -0.2) is 8.78 Å². The van der Waals surface area contributed by atoms with Crippen molar-refractivity contribution >= 4 is 33.4 Å². The Kier molecular flexibility index (Phi) is 7.05. The number of nitrogens with zero attached hydrogens (tertiary/aromatic N) is 5. The van der Waals surface area contributed by atoms with Crippen LogP contribution in [0.2, 0.25) is 0 Å². The molecule has 0 saturated carbocycles. The Morgan fingerprint density at radius 2 is 1.95 bits per heavy atom. The summed E-state index contributed by atoms with van der Waals surface area (Å²) in [6, 6.07) is 5.47. The van der Waals surface area contributed by atoms with Gasteiger partial charge in [-0.05, 0) is 42.3 Å². The van der Waals surface area contributed by atoms with Crippen molar-refractivity contribution in [1.29, 1.82) is 0 Å². The molecule has 2 bridgehead atoms. The van der Waals surface area contributed by atoms with Crippen molar-refractivity contribution < 1.29 is 23.4 Å². The first-order chi connectivity index (χ1) is 20.2. The maximum absolute atomic E-state index is 16.4. The van der Waals surface area contributed by atoms with Crippen LogP contribution < -0.4 is 9.64 Å². The predicted octanol–water partition coefficient (Wildman–Crippen LogP) is 5.43. The van der Waals surface area contributed by atoms with Crippen LogP contribution in [0.25, 0.3) is 32.9 Å². The van der Waals surface area contributed by atoms with Gasteiger partial charge in [0.2, 0.25) is 5.91 Å². The van der Waals surface area contributed by atoms with Gasteiger partial charge in [0.25, 0.3) is 0 Å². The molecule has 2 aliphatic rings. The van der Waals surface area contributed by atoms with Gasteiger partial charge < -0.3 is 19.6 Å². The monoisotopic (exact) mass is 571 g/mol. The molecule has 8 nitrogen and oxygen atoms in total. The summed E-state index contributed by atoms with van der Waals surface area (Å²) in [4.78, 5) is 30.6. The van der Waals surface area contributed by atoms with Crippen molar-refractivity contribution in [3.8, 4) is 35.4 Å². The molecule has 2 aliphatic heterocycles. The number of fused-ring (bicyclic) bond motifs is 4. The molecule has 1 amide bonds. The van der Waals surface area contributed by atoms with E-state index in [1.807, 2.05) is 4.90 Å².